The van der Waals surface area contributed by atoms with E-state index < -0.39 is 10.8 Å². The Hall–Kier alpha value is -1.84. The minimum absolute atomic E-state index is 0.00224. The summed E-state index contributed by atoms with van der Waals surface area (Å²) < 4.78 is 4.95. The molecule has 4 heteroatoms. The molecule has 1 unspecified atom stereocenters. The summed E-state index contributed by atoms with van der Waals surface area (Å²) in [5, 5.41) is 2.98. The van der Waals surface area contributed by atoms with Crippen LogP contribution in [0.5, 0.6) is 0 Å². The lowest BCUT2D eigenvalue weighted by Gasteiger charge is -2.53. The number of ether oxygens (including phenoxy) is 1. The summed E-state index contributed by atoms with van der Waals surface area (Å²) in [6.45, 7) is 3.77. The van der Waals surface area contributed by atoms with Crippen LogP contribution in [-0.2, 0) is 19.7 Å². The van der Waals surface area contributed by atoms with Crippen LogP contribution >= 0.6 is 0 Å². The summed E-state index contributed by atoms with van der Waals surface area (Å²) >= 11 is 0. The zero-order valence-electron chi connectivity index (χ0n) is 11.3. The zero-order valence-corrected chi connectivity index (χ0v) is 11.3. The van der Waals surface area contributed by atoms with E-state index in [2.05, 4.69) is 5.32 Å². The van der Waals surface area contributed by atoms with E-state index in [1.165, 1.54) is 7.11 Å². The molecule has 0 aromatic heterocycles. The van der Waals surface area contributed by atoms with Crippen molar-refractivity contribution in [3.05, 3.63) is 35.4 Å². The second-order valence-electron chi connectivity index (χ2n) is 5.91. The molecule has 4 rings (SSSR count). The molecule has 1 amide bonds. The van der Waals surface area contributed by atoms with E-state index in [4.69, 9.17) is 4.74 Å². The van der Waals surface area contributed by atoms with Gasteiger partial charge in [0, 0.05) is 0 Å². The highest BCUT2D eigenvalue weighted by molar-refractivity contribution is 5.95. The molecule has 1 aliphatic carbocycles. The molecule has 19 heavy (non-hydrogen) atoms. The molecule has 4 nitrogen and oxygen atoms in total. The zero-order chi connectivity index (χ0) is 13.8. The first-order valence-electron chi connectivity index (χ1n) is 6.42. The summed E-state index contributed by atoms with van der Waals surface area (Å²) in [6.07, 6.45) is 0.486. The number of benzene rings is 1. The lowest BCUT2D eigenvalue weighted by molar-refractivity contribution is -0.161. The van der Waals surface area contributed by atoms with E-state index in [-0.39, 0.29) is 17.9 Å². The second kappa shape index (κ2) is 3.59. The van der Waals surface area contributed by atoms with E-state index in [9.17, 15) is 9.59 Å². The first kappa shape index (κ1) is 12.2. The lowest BCUT2D eigenvalue weighted by Crippen LogP contribution is -2.63. The average Bonchev–Trinajstić information content (AvgIpc) is 2.41. The van der Waals surface area contributed by atoms with Crippen molar-refractivity contribution in [1.82, 2.24) is 5.32 Å². The third kappa shape index (κ3) is 1.34. The fourth-order valence-corrected chi connectivity index (χ4v) is 3.68. The van der Waals surface area contributed by atoms with Gasteiger partial charge in [-0.2, -0.15) is 0 Å². The van der Waals surface area contributed by atoms with Crippen molar-refractivity contribution >= 4 is 11.9 Å². The second-order valence-corrected chi connectivity index (χ2v) is 5.91. The highest BCUT2D eigenvalue weighted by atomic mass is 16.5. The van der Waals surface area contributed by atoms with Crippen molar-refractivity contribution in [2.24, 2.45) is 5.41 Å². The number of carbonyl (C=O) groups is 2. The normalized spacial score (nSPS) is 35.5. The van der Waals surface area contributed by atoms with Crippen LogP contribution in [0.25, 0.3) is 0 Å². The maximum atomic E-state index is 12.3. The molecule has 3 aliphatic rings. The van der Waals surface area contributed by atoms with Crippen LogP contribution in [0.1, 0.15) is 37.4 Å². The van der Waals surface area contributed by atoms with E-state index >= 15 is 0 Å². The molecule has 2 bridgehead atoms. The molecule has 0 radical (unpaired) electrons. The molecular formula is C15H17NO3. The molecule has 1 fully saturated rings. The average molecular weight is 259 g/mol. The van der Waals surface area contributed by atoms with Crippen molar-refractivity contribution < 1.29 is 14.3 Å². The minimum Gasteiger partial charge on any atom is -0.469 e. The molecule has 1 saturated heterocycles. The summed E-state index contributed by atoms with van der Waals surface area (Å²) in [5.74, 6) is -0.268. The molecule has 1 aromatic carbocycles. The van der Waals surface area contributed by atoms with Gasteiger partial charge in [0.25, 0.3) is 0 Å². The smallest absolute Gasteiger partial charge is 0.314 e. The number of hydrogen-bond donors (Lipinski definition) is 1. The van der Waals surface area contributed by atoms with Crippen molar-refractivity contribution in [3.63, 3.8) is 0 Å². The third-order valence-electron chi connectivity index (χ3n) is 4.65. The summed E-state index contributed by atoms with van der Waals surface area (Å²) in [6, 6.07) is 7.54. The van der Waals surface area contributed by atoms with Gasteiger partial charge in [0.2, 0.25) is 5.91 Å². The van der Waals surface area contributed by atoms with E-state index in [1.807, 2.05) is 38.1 Å². The molecular weight excluding hydrogens is 242 g/mol. The van der Waals surface area contributed by atoms with Gasteiger partial charge in [-0.1, -0.05) is 24.3 Å². The summed E-state index contributed by atoms with van der Waals surface area (Å²) in [5.41, 5.74) is 0.703. The SMILES string of the molecule is COC(=O)[C@]1(C)C[C@]2(C)C(=O)NC1c1ccccc12. The maximum Gasteiger partial charge on any atom is 0.314 e. The molecule has 1 N–H and O–H groups in total. The Bertz CT molecular complexity index is 583. The number of amides is 1. The Balaban J connectivity index is 2.23. The predicted octanol–water partition coefficient (Wildman–Crippen LogP) is 1.70. The Morgan fingerprint density at radius 3 is 2.74 bits per heavy atom. The van der Waals surface area contributed by atoms with Gasteiger partial charge in [0.15, 0.2) is 0 Å². The van der Waals surface area contributed by atoms with Crippen LogP contribution in [0.4, 0.5) is 0 Å². The minimum atomic E-state index is -0.703. The van der Waals surface area contributed by atoms with Gasteiger partial charge in [-0.25, -0.2) is 0 Å². The molecule has 0 saturated carbocycles. The van der Waals surface area contributed by atoms with E-state index in [0.717, 1.165) is 11.1 Å². The number of hydrogen-bond acceptors (Lipinski definition) is 3. The predicted molar refractivity (Wildman–Crippen MR) is 69.4 cm³/mol. The maximum absolute atomic E-state index is 12.3. The standard InChI is InChI=1S/C15H17NO3/c1-14-8-15(2,13(18)19-3)11(16-12(14)17)9-6-4-5-7-10(9)14/h4-7,11H,8H2,1-3H3,(H,16,17)/t11?,14-,15+/m0/s1. The van der Waals surface area contributed by atoms with Gasteiger partial charge in [0.1, 0.15) is 0 Å². The van der Waals surface area contributed by atoms with Crippen molar-refractivity contribution in [3.8, 4) is 0 Å². The van der Waals surface area contributed by atoms with Crippen molar-refractivity contribution in [1.29, 1.82) is 0 Å². The number of esters is 1. The van der Waals surface area contributed by atoms with Crippen molar-refractivity contribution in [2.45, 2.75) is 31.7 Å². The van der Waals surface area contributed by atoms with Crippen LogP contribution in [-0.4, -0.2) is 19.0 Å². The highest BCUT2D eigenvalue weighted by Gasteiger charge is 2.60. The van der Waals surface area contributed by atoms with Crippen LogP contribution in [0.2, 0.25) is 0 Å². The Morgan fingerprint density at radius 1 is 1.37 bits per heavy atom. The molecule has 1 aromatic rings. The first-order chi connectivity index (χ1) is 8.93. The monoisotopic (exact) mass is 259 g/mol. The van der Waals surface area contributed by atoms with Gasteiger partial charge in [0.05, 0.1) is 24.0 Å². The molecule has 2 aliphatic heterocycles. The van der Waals surface area contributed by atoms with E-state index in [0.29, 0.717) is 6.42 Å². The van der Waals surface area contributed by atoms with Crippen LogP contribution in [0.3, 0.4) is 0 Å². The van der Waals surface area contributed by atoms with Crippen molar-refractivity contribution in [2.75, 3.05) is 7.11 Å². The number of nitrogens with one attached hydrogen (secondary N) is 1. The quantitative estimate of drug-likeness (QED) is 0.781. The lowest BCUT2D eigenvalue weighted by atomic mass is 9.55. The van der Waals surface area contributed by atoms with E-state index in [1.54, 1.807) is 0 Å². The van der Waals surface area contributed by atoms with Gasteiger partial charge in [-0.05, 0) is 31.4 Å². The summed E-state index contributed by atoms with van der Waals surface area (Å²) in [4.78, 5) is 24.4. The van der Waals surface area contributed by atoms with Crippen LogP contribution in [0, 0.1) is 5.41 Å². The van der Waals surface area contributed by atoms with Gasteiger partial charge in [-0.15, -0.1) is 0 Å². The molecule has 2 heterocycles. The first-order valence-corrected chi connectivity index (χ1v) is 6.42. The Kier molecular flexibility index (Phi) is 2.31. The molecule has 0 spiro atoms. The van der Waals surface area contributed by atoms with Crippen LogP contribution < -0.4 is 5.32 Å². The molecule has 3 atom stereocenters. The van der Waals surface area contributed by atoms with Gasteiger partial charge < -0.3 is 10.1 Å². The topological polar surface area (TPSA) is 55.4 Å². The van der Waals surface area contributed by atoms with Crippen LogP contribution in [0.15, 0.2) is 24.3 Å². The Labute approximate surface area is 112 Å². The summed E-state index contributed by atoms with van der Waals surface area (Å²) in [7, 11) is 1.39. The number of piperidine rings is 1. The highest BCUT2D eigenvalue weighted by Crippen LogP contribution is 2.56. The largest absolute Gasteiger partial charge is 0.469 e. The number of fused-ring (bicyclic) bond motifs is 2. The third-order valence-corrected chi connectivity index (χ3v) is 4.65. The van der Waals surface area contributed by atoms with Gasteiger partial charge >= 0.3 is 5.97 Å². The Morgan fingerprint density at radius 2 is 2.05 bits per heavy atom. The van der Waals surface area contributed by atoms with Gasteiger partial charge in [-0.3, -0.25) is 9.59 Å². The fraction of sp³-hybridized carbons (Fsp3) is 0.467. The number of methoxy groups -OCH3 is 1. The fourth-order valence-electron chi connectivity index (χ4n) is 3.68. The number of carbonyl (C=O) groups excluding carboxylic acids is 2. The molecule has 100 valence electrons. The number of rotatable bonds is 1.